The Hall–Kier alpha value is -2.79. The molecule has 0 aromatic carbocycles. The molecular formula is C14H11BrN6O. The SMILES string of the molecule is N#C/C(=C/Nc1ncc(Br)cn1)C(=O)NCc1cccnc1. The summed E-state index contributed by atoms with van der Waals surface area (Å²) >= 11 is 3.22. The Bertz CT molecular complexity index is 708. The van der Waals surface area contributed by atoms with Crippen LogP contribution >= 0.6 is 15.9 Å². The number of amides is 1. The lowest BCUT2D eigenvalue weighted by molar-refractivity contribution is -0.117. The minimum absolute atomic E-state index is 0.0737. The van der Waals surface area contributed by atoms with E-state index >= 15 is 0 Å². The van der Waals surface area contributed by atoms with Crippen LogP contribution in [0.1, 0.15) is 5.56 Å². The first-order valence-electron chi connectivity index (χ1n) is 6.20. The highest BCUT2D eigenvalue weighted by Crippen LogP contribution is 2.07. The van der Waals surface area contributed by atoms with Crippen molar-refractivity contribution in [2.45, 2.75) is 6.54 Å². The standard InChI is InChI=1S/C14H11BrN6O/c15-12-8-20-14(21-9-12)19-7-11(4-16)13(22)18-6-10-2-1-3-17-5-10/h1-3,5,7-9H,6H2,(H,18,22)(H,19,20,21)/b11-7-. The van der Waals surface area contributed by atoms with E-state index in [9.17, 15) is 4.79 Å². The average molecular weight is 359 g/mol. The van der Waals surface area contributed by atoms with E-state index in [1.807, 2.05) is 12.1 Å². The summed E-state index contributed by atoms with van der Waals surface area (Å²) in [5.74, 6) is -0.202. The highest BCUT2D eigenvalue weighted by Gasteiger charge is 2.08. The molecule has 0 saturated heterocycles. The summed E-state index contributed by atoms with van der Waals surface area (Å²) < 4.78 is 0.733. The van der Waals surface area contributed by atoms with Crippen LogP contribution in [-0.2, 0) is 11.3 Å². The zero-order chi connectivity index (χ0) is 15.8. The molecule has 0 bridgehead atoms. The second-order valence-electron chi connectivity index (χ2n) is 4.08. The number of hydrogen-bond acceptors (Lipinski definition) is 6. The summed E-state index contributed by atoms with van der Waals surface area (Å²) in [5, 5.41) is 14.4. The molecule has 0 radical (unpaired) electrons. The summed E-state index contributed by atoms with van der Waals surface area (Å²) in [4.78, 5) is 23.8. The van der Waals surface area contributed by atoms with Gasteiger partial charge in [0.2, 0.25) is 5.95 Å². The first kappa shape index (κ1) is 15.6. The third-order valence-corrected chi connectivity index (χ3v) is 2.92. The minimum Gasteiger partial charge on any atom is -0.347 e. The van der Waals surface area contributed by atoms with Gasteiger partial charge in [0.25, 0.3) is 5.91 Å². The Morgan fingerprint density at radius 2 is 2.14 bits per heavy atom. The number of nitriles is 1. The maximum absolute atomic E-state index is 11.9. The summed E-state index contributed by atoms with van der Waals surface area (Å²) in [5.41, 5.74) is 0.771. The lowest BCUT2D eigenvalue weighted by Crippen LogP contribution is -2.24. The summed E-state index contributed by atoms with van der Waals surface area (Å²) in [6.07, 6.45) is 7.66. The van der Waals surface area contributed by atoms with E-state index in [4.69, 9.17) is 5.26 Å². The van der Waals surface area contributed by atoms with E-state index in [1.165, 1.54) is 6.20 Å². The lowest BCUT2D eigenvalue weighted by Gasteiger charge is -2.04. The van der Waals surface area contributed by atoms with Gasteiger partial charge in [-0.1, -0.05) is 6.07 Å². The molecule has 0 unspecified atom stereocenters. The number of nitrogens with one attached hydrogen (secondary N) is 2. The number of nitrogens with zero attached hydrogens (tertiary/aromatic N) is 4. The van der Waals surface area contributed by atoms with Crippen LogP contribution in [0.25, 0.3) is 0 Å². The van der Waals surface area contributed by atoms with Crippen LogP contribution in [0.15, 0.2) is 53.2 Å². The van der Waals surface area contributed by atoms with Crippen LogP contribution in [0.4, 0.5) is 5.95 Å². The lowest BCUT2D eigenvalue weighted by atomic mass is 10.2. The number of carbonyl (C=O) groups excluding carboxylic acids is 1. The number of rotatable bonds is 5. The van der Waals surface area contributed by atoms with Crippen LogP contribution < -0.4 is 10.6 Å². The number of anilines is 1. The van der Waals surface area contributed by atoms with Gasteiger partial charge in [0.1, 0.15) is 11.6 Å². The second-order valence-corrected chi connectivity index (χ2v) is 5.00. The molecule has 22 heavy (non-hydrogen) atoms. The maximum atomic E-state index is 11.9. The van der Waals surface area contributed by atoms with Crippen molar-refractivity contribution in [2.75, 3.05) is 5.32 Å². The number of pyridine rings is 1. The van der Waals surface area contributed by atoms with Crippen LogP contribution in [0.3, 0.4) is 0 Å². The zero-order valence-electron chi connectivity index (χ0n) is 11.3. The smallest absolute Gasteiger partial charge is 0.263 e. The number of carbonyl (C=O) groups is 1. The summed E-state index contributed by atoms with van der Waals surface area (Å²) in [6, 6.07) is 5.43. The minimum atomic E-state index is -0.490. The Morgan fingerprint density at radius 3 is 2.77 bits per heavy atom. The topological polar surface area (TPSA) is 104 Å². The average Bonchev–Trinajstić information content (AvgIpc) is 2.56. The molecular weight excluding hydrogens is 348 g/mol. The third kappa shape index (κ3) is 4.64. The van der Waals surface area contributed by atoms with Gasteiger partial charge in [-0.3, -0.25) is 9.78 Å². The van der Waals surface area contributed by atoms with E-state index < -0.39 is 5.91 Å². The van der Waals surface area contributed by atoms with Gasteiger partial charge in [0.05, 0.1) is 4.47 Å². The first-order chi connectivity index (χ1) is 10.7. The van der Waals surface area contributed by atoms with Gasteiger partial charge < -0.3 is 10.6 Å². The van der Waals surface area contributed by atoms with E-state index in [1.54, 1.807) is 30.9 Å². The highest BCUT2D eigenvalue weighted by molar-refractivity contribution is 9.10. The normalized spacial score (nSPS) is 10.6. The fourth-order valence-electron chi connectivity index (χ4n) is 1.45. The Labute approximate surface area is 135 Å². The molecule has 0 aliphatic heterocycles. The molecule has 2 aromatic heterocycles. The fourth-order valence-corrected chi connectivity index (χ4v) is 1.66. The van der Waals surface area contributed by atoms with E-state index in [0.717, 1.165) is 10.0 Å². The molecule has 7 nitrogen and oxygen atoms in total. The predicted molar refractivity (Wildman–Crippen MR) is 83.1 cm³/mol. The molecule has 2 N–H and O–H groups in total. The molecule has 1 amide bonds. The molecule has 0 saturated carbocycles. The van der Waals surface area contributed by atoms with Gasteiger partial charge in [0, 0.05) is 37.5 Å². The van der Waals surface area contributed by atoms with Crippen molar-refractivity contribution < 1.29 is 4.79 Å². The Kier molecular flexibility index (Phi) is 5.57. The monoisotopic (exact) mass is 358 g/mol. The quantitative estimate of drug-likeness (QED) is 0.623. The molecule has 2 aromatic rings. The number of halogens is 1. The maximum Gasteiger partial charge on any atom is 0.263 e. The molecule has 8 heteroatoms. The van der Waals surface area contributed by atoms with E-state index in [0.29, 0.717) is 6.54 Å². The van der Waals surface area contributed by atoms with E-state index in [2.05, 4.69) is 41.5 Å². The number of hydrogen-bond donors (Lipinski definition) is 2. The van der Waals surface area contributed by atoms with Gasteiger partial charge >= 0.3 is 0 Å². The zero-order valence-corrected chi connectivity index (χ0v) is 12.9. The fraction of sp³-hybridized carbons (Fsp3) is 0.0714. The third-order valence-electron chi connectivity index (χ3n) is 2.51. The molecule has 0 spiro atoms. The first-order valence-corrected chi connectivity index (χ1v) is 7.00. The predicted octanol–water partition coefficient (Wildman–Crippen LogP) is 1.77. The van der Waals surface area contributed by atoms with Crippen molar-refractivity contribution in [3.8, 4) is 6.07 Å². The van der Waals surface area contributed by atoms with Crippen molar-refractivity contribution in [3.05, 3.63) is 58.7 Å². The molecule has 2 rings (SSSR count). The van der Waals surface area contributed by atoms with Crippen molar-refractivity contribution in [2.24, 2.45) is 0 Å². The highest BCUT2D eigenvalue weighted by atomic mass is 79.9. The Morgan fingerprint density at radius 1 is 1.36 bits per heavy atom. The van der Waals surface area contributed by atoms with Gasteiger partial charge in [-0.05, 0) is 27.6 Å². The van der Waals surface area contributed by atoms with Gasteiger partial charge in [-0.25, -0.2) is 9.97 Å². The summed E-state index contributed by atoms with van der Waals surface area (Å²) in [6.45, 7) is 0.292. The molecule has 0 aliphatic rings. The molecule has 0 fully saturated rings. The van der Waals surface area contributed by atoms with Crippen LogP contribution in [0.2, 0.25) is 0 Å². The molecule has 0 atom stereocenters. The van der Waals surface area contributed by atoms with Gasteiger partial charge in [-0.15, -0.1) is 0 Å². The van der Waals surface area contributed by atoms with Crippen molar-refractivity contribution in [1.29, 1.82) is 5.26 Å². The van der Waals surface area contributed by atoms with Crippen molar-refractivity contribution in [3.63, 3.8) is 0 Å². The molecule has 2 heterocycles. The van der Waals surface area contributed by atoms with Crippen LogP contribution in [0, 0.1) is 11.3 Å². The van der Waals surface area contributed by atoms with Gasteiger partial charge in [-0.2, -0.15) is 5.26 Å². The number of aromatic nitrogens is 3. The molecule has 110 valence electrons. The van der Waals surface area contributed by atoms with Crippen LogP contribution in [0.5, 0.6) is 0 Å². The van der Waals surface area contributed by atoms with Crippen molar-refractivity contribution in [1.82, 2.24) is 20.3 Å². The summed E-state index contributed by atoms with van der Waals surface area (Å²) in [7, 11) is 0. The van der Waals surface area contributed by atoms with E-state index in [-0.39, 0.29) is 11.5 Å². The Balaban J connectivity index is 1.95. The molecule has 0 aliphatic carbocycles. The van der Waals surface area contributed by atoms with Crippen LogP contribution in [-0.4, -0.2) is 20.9 Å². The van der Waals surface area contributed by atoms with Gasteiger partial charge in [0.15, 0.2) is 0 Å². The van der Waals surface area contributed by atoms with Crippen molar-refractivity contribution >= 4 is 27.8 Å². The second kappa shape index (κ2) is 7.85. The largest absolute Gasteiger partial charge is 0.347 e.